The summed E-state index contributed by atoms with van der Waals surface area (Å²) < 4.78 is 21.4. The molecule has 0 spiro atoms. The van der Waals surface area contributed by atoms with E-state index in [2.05, 4.69) is 31.1 Å². The molecular weight excluding hydrogens is 527 g/mol. The van der Waals surface area contributed by atoms with Crippen LogP contribution < -0.4 is 10.3 Å². The lowest BCUT2D eigenvalue weighted by Gasteiger charge is -2.19. The first kappa shape index (κ1) is 23.9. The minimum atomic E-state index is -0.715. The molecule has 2 N–H and O–H groups in total. The van der Waals surface area contributed by atoms with E-state index in [1.807, 2.05) is 37.3 Å². The van der Waals surface area contributed by atoms with Crippen molar-refractivity contribution in [2.24, 2.45) is 0 Å². The standard InChI is InChI=1S/C27H22BrFN4O3/c1-2-36-25-12-18(5-7-30-25)27-22-11-16(3-4-23(22)31-32-27)17-6-8-33(26(35)13-17)24(15-34)19-9-20(28)14-21(29)10-19/h3-14,24,34H,2,15H2,1H3,(H,31,32)/t24-/m1/s1. The Bertz CT molecular complexity index is 1590. The Morgan fingerprint density at radius 2 is 1.92 bits per heavy atom. The molecule has 3 heterocycles. The van der Waals surface area contributed by atoms with E-state index in [0.717, 1.165) is 27.7 Å². The molecule has 1 atom stereocenters. The van der Waals surface area contributed by atoms with E-state index in [1.165, 1.54) is 22.8 Å². The van der Waals surface area contributed by atoms with Gasteiger partial charge in [-0.2, -0.15) is 5.10 Å². The van der Waals surface area contributed by atoms with Crippen LogP contribution in [0.1, 0.15) is 18.5 Å². The highest BCUT2D eigenvalue weighted by molar-refractivity contribution is 9.10. The lowest BCUT2D eigenvalue weighted by atomic mass is 10.0. The third kappa shape index (κ3) is 4.67. The Balaban J connectivity index is 1.52. The maximum Gasteiger partial charge on any atom is 0.251 e. The zero-order chi connectivity index (χ0) is 25.2. The van der Waals surface area contributed by atoms with E-state index in [9.17, 15) is 14.3 Å². The van der Waals surface area contributed by atoms with Gasteiger partial charge in [-0.1, -0.05) is 22.0 Å². The third-order valence-electron chi connectivity index (χ3n) is 5.92. The number of nitrogens with one attached hydrogen (secondary N) is 1. The molecule has 5 aromatic rings. The summed E-state index contributed by atoms with van der Waals surface area (Å²) in [7, 11) is 0. The minimum absolute atomic E-state index is 0.310. The van der Waals surface area contributed by atoms with E-state index < -0.39 is 11.9 Å². The number of aliphatic hydroxyl groups is 1. The van der Waals surface area contributed by atoms with Crippen LogP contribution in [-0.4, -0.2) is 38.1 Å². The minimum Gasteiger partial charge on any atom is -0.478 e. The molecule has 36 heavy (non-hydrogen) atoms. The number of benzene rings is 2. The fourth-order valence-electron chi connectivity index (χ4n) is 4.25. The predicted octanol–water partition coefficient (Wildman–Crippen LogP) is 5.34. The average molecular weight is 549 g/mol. The first-order valence-electron chi connectivity index (χ1n) is 11.3. The van der Waals surface area contributed by atoms with Gasteiger partial charge in [-0.05, 0) is 66.1 Å². The van der Waals surface area contributed by atoms with E-state index in [1.54, 1.807) is 24.5 Å². The molecule has 0 fully saturated rings. The number of aromatic amines is 1. The summed E-state index contributed by atoms with van der Waals surface area (Å²) in [4.78, 5) is 17.3. The Morgan fingerprint density at radius 1 is 1.08 bits per heavy atom. The average Bonchev–Trinajstić information content (AvgIpc) is 3.29. The summed E-state index contributed by atoms with van der Waals surface area (Å²) in [5.41, 5.74) is 4.20. The second-order valence-corrected chi connectivity index (χ2v) is 9.13. The molecule has 0 unspecified atom stereocenters. The molecule has 0 saturated carbocycles. The summed E-state index contributed by atoms with van der Waals surface area (Å²) in [6, 6.07) is 16.4. The van der Waals surface area contributed by atoms with Gasteiger partial charge in [0.2, 0.25) is 5.88 Å². The van der Waals surface area contributed by atoms with Crippen LogP contribution >= 0.6 is 15.9 Å². The summed E-state index contributed by atoms with van der Waals surface area (Å²) >= 11 is 3.27. The van der Waals surface area contributed by atoms with Crippen LogP contribution in [0.5, 0.6) is 5.88 Å². The predicted molar refractivity (Wildman–Crippen MR) is 140 cm³/mol. The van der Waals surface area contributed by atoms with E-state index in [-0.39, 0.29) is 12.2 Å². The topological polar surface area (TPSA) is 93.0 Å². The second kappa shape index (κ2) is 10.0. The molecule has 3 aromatic heterocycles. The monoisotopic (exact) mass is 548 g/mol. The van der Waals surface area contributed by atoms with Crippen molar-refractivity contribution < 1.29 is 14.2 Å². The van der Waals surface area contributed by atoms with E-state index in [4.69, 9.17) is 4.74 Å². The van der Waals surface area contributed by atoms with Crippen molar-refractivity contribution >= 4 is 26.8 Å². The zero-order valence-electron chi connectivity index (χ0n) is 19.3. The molecular formula is C27H22BrFN4O3. The maximum atomic E-state index is 13.9. The fraction of sp³-hybridized carbons (Fsp3) is 0.148. The van der Waals surface area contributed by atoms with Crippen LogP contribution in [0.25, 0.3) is 33.3 Å². The number of halogens is 2. The molecule has 7 nitrogen and oxygen atoms in total. The van der Waals surface area contributed by atoms with Gasteiger partial charge in [-0.25, -0.2) is 9.37 Å². The summed E-state index contributed by atoms with van der Waals surface area (Å²) in [6.45, 7) is 2.06. The van der Waals surface area contributed by atoms with Crippen LogP contribution in [0, 0.1) is 5.82 Å². The second-order valence-electron chi connectivity index (χ2n) is 8.21. The Kier molecular flexibility index (Phi) is 6.67. The van der Waals surface area contributed by atoms with Crippen LogP contribution in [-0.2, 0) is 0 Å². The lowest BCUT2D eigenvalue weighted by molar-refractivity contribution is 0.246. The van der Waals surface area contributed by atoms with Crippen molar-refractivity contribution in [2.45, 2.75) is 13.0 Å². The number of hydrogen-bond acceptors (Lipinski definition) is 5. The molecule has 9 heteroatoms. The number of aliphatic hydroxyl groups excluding tert-OH is 1. The molecule has 0 bridgehead atoms. The number of nitrogens with zero attached hydrogens (tertiary/aromatic N) is 3. The van der Waals surface area contributed by atoms with Gasteiger partial charge in [0.1, 0.15) is 11.5 Å². The van der Waals surface area contributed by atoms with Gasteiger partial charge < -0.3 is 14.4 Å². The fourth-order valence-corrected chi connectivity index (χ4v) is 4.73. The third-order valence-corrected chi connectivity index (χ3v) is 6.38. The number of rotatable bonds is 7. The Hall–Kier alpha value is -3.82. The molecule has 182 valence electrons. The highest BCUT2D eigenvalue weighted by Gasteiger charge is 2.17. The van der Waals surface area contributed by atoms with Crippen molar-refractivity contribution in [3.63, 3.8) is 0 Å². The van der Waals surface area contributed by atoms with Crippen LogP contribution in [0.2, 0.25) is 0 Å². The summed E-state index contributed by atoms with van der Waals surface area (Å²) in [5, 5.41) is 18.4. The quantitative estimate of drug-likeness (QED) is 0.286. The van der Waals surface area contributed by atoms with E-state index >= 15 is 0 Å². The van der Waals surface area contributed by atoms with Gasteiger partial charge in [0.05, 0.1) is 24.8 Å². The van der Waals surface area contributed by atoms with Gasteiger partial charge in [0.25, 0.3) is 5.56 Å². The maximum absolute atomic E-state index is 13.9. The molecule has 0 amide bonds. The lowest BCUT2D eigenvalue weighted by Crippen LogP contribution is -2.27. The molecule has 2 aromatic carbocycles. The van der Waals surface area contributed by atoms with Crippen molar-refractivity contribution in [1.29, 1.82) is 0 Å². The molecule has 0 radical (unpaired) electrons. The summed E-state index contributed by atoms with van der Waals surface area (Å²) in [6.07, 6.45) is 3.30. The first-order chi connectivity index (χ1) is 17.5. The largest absolute Gasteiger partial charge is 0.478 e. The molecule has 0 aliphatic heterocycles. The normalized spacial score (nSPS) is 12.1. The Labute approximate surface area is 214 Å². The van der Waals surface area contributed by atoms with E-state index in [0.29, 0.717) is 28.1 Å². The highest BCUT2D eigenvalue weighted by Crippen LogP contribution is 2.31. The highest BCUT2D eigenvalue weighted by atomic mass is 79.9. The van der Waals surface area contributed by atoms with Crippen LogP contribution in [0.3, 0.4) is 0 Å². The number of pyridine rings is 2. The van der Waals surface area contributed by atoms with Gasteiger partial charge in [0, 0.05) is 39.9 Å². The zero-order valence-corrected chi connectivity index (χ0v) is 20.9. The first-order valence-corrected chi connectivity index (χ1v) is 12.1. The van der Waals surface area contributed by atoms with Crippen molar-refractivity contribution in [2.75, 3.05) is 13.2 Å². The smallest absolute Gasteiger partial charge is 0.251 e. The van der Waals surface area contributed by atoms with Gasteiger partial charge >= 0.3 is 0 Å². The number of hydrogen-bond donors (Lipinski definition) is 2. The number of H-pyrrole nitrogens is 1. The van der Waals surface area contributed by atoms with Crippen molar-refractivity contribution in [3.05, 3.63) is 99.3 Å². The molecule has 0 saturated heterocycles. The molecule has 0 aliphatic rings. The van der Waals surface area contributed by atoms with Gasteiger partial charge in [0.15, 0.2) is 0 Å². The van der Waals surface area contributed by atoms with Crippen molar-refractivity contribution in [3.8, 4) is 28.3 Å². The SMILES string of the molecule is CCOc1cc(-c2n[nH]c3ccc(-c4ccn([C@H](CO)c5cc(F)cc(Br)c5)c(=O)c4)cc23)ccn1. The summed E-state index contributed by atoms with van der Waals surface area (Å²) in [5.74, 6) is 0.0731. The van der Waals surface area contributed by atoms with Crippen LogP contribution in [0.15, 0.2) is 82.3 Å². The molecule has 5 rings (SSSR count). The van der Waals surface area contributed by atoms with Crippen molar-refractivity contribution in [1.82, 2.24) is 19.7 Å². The number of ether oxygens (including phenoxy) is 1. The number of aromatic nitrogens is 4. The number of fused-ring (bicyclic) bond motifs is 1. The molecule has 0 aliphatic carbocycles. The Morgan fingerprint density at radius 3 is 2.67 bits per heavy atom. The van der Waals surface area contributed by atoms with Gasteiger partial charge in [-0.15, -0.1) is 0 Å². The van der Waals surface area contributed by atoms with Gasteiger partial charge in [-0.3, -0.25) is 9.89 Å². The van der Waals surface area contributed by atoms with Crippen LogP contribution in [0.4, 0.5) is 4.39 Å².